The van der Waals surface area contributed by atoms with Gasteiger partial charge in [-0.2, -0.15) is 0 Å². The van der Waals surface area contributed by atoms with Crippen molar-refractivity contribution in [3.8, 4) is 0 Å². The molecule has 5 nitrogen and oxygen atoms in total. The zero-order valence-corrected chi connectivity index (χ0v) is 15.9. The number of hydrogen-bond donors (Lipinski definition) is 2. The predicted molar refractivity (Wildman–Crippen MR) is 104 cm³/mol. The number of halogens is 1. The summed E-state index contributed by atoms with van der Waals surface area (Å²) >= 11 is 6.31. The first-order chi connectivity index (χ1) is 12.0. The topological polar surface area (TPSA) is 71.1 Å². The molecule has 1 fully saturated rings. The number of pyridine rings is 1. The van der Waals surface area contributed by atoms with E-state index in [1.807, 2.05) is 18.2 Å². The van der Waals surface area contributed by atoms with Crippen LogP contribution < -0.4 is 10.0 Å². The molecule has 2 aromatic rings. The van der Waals surface area contributed by atoms with Crippen LogP contribution >= 0.6 is 11.6 Å². The average molecular weight is 382 g/mol. The molecule has 0 unspecified atom stereocenters. The molecule has 1 aliphatic carbocycles. The van der Waals surface area contributed by atoms with Crippen molar-refractivity contribution in [3.63, 3.8) is 0 Å². The minimum atomic E-state index is -3.10. The molecule has 1 aliphatic rings. The summed E-state index contributed by atoms with van der Waals surface area (Å²) in [5, 5.41) is 5.15. The van der Waals surface area contributed by atoms with Crippen molar-refractivity contribution in [2.45, 2.75) is 38.6 Å². The molecule has 136 valence electrons. The second-order valence-electron chi connectivity index (χ2n) is 6.65. The van der Waals surface area contributed by atoms with Crippen molar-refractivity contribution >= 4 is 38.2 Å². The van der Waals surface area contributed by atoms with Gasteiger partial charge in [0.05, 0.1) is 16.3 Å². The maximum absolute atomic E-state index is 11.7. The number of aromatic nitrogens is 1. The van der Waals surface area contributed by atoms with Gasteiger partial charge in [-0.05, 0) is 56.7 Å². The Morgan fingerprint density at radius 3 is 2.72 bits per heavy atom. The van der Waals surface area contributed by atoms with Gasteiger partial charge in [0, 0.05) is 29.9 Å². The Morgan fingerprint density at radius 2 is 2.00 bits per heavy atom. The highest BCUT2D eigenvalue weighted by Crippen LogP contribution is 2.28. The molecule has 1 saturated carbocycles. The van der Waals surface area contributed by atoms with Gasteiger partial charge in [0.2, 0.25) is 10.0 Å². The smallest absolute Gasteiger partial charge is 0.211 e. The number of rotatable bonds is 6. The number of nitrogens with one attached hydrogen (secondary N) is 2. The van der Waals surface area contributed by atoms with Crippen LogP contribution in [-0.2, 0) is 10.0 Å². The first-order valence-corrected chi connectivity index (χ1v) is 10.8. The normalized spacial score (nSPS) is 21.4. The monoisotopic (exact) mass is 381 g/mol. The second-order valence-corrected chi connectivity index (χ2v) is 9.10. The number of anilines is 1. The fourth-order valence-electron chi connectivity index (χ4n) is 3.33. The van der Waals surface area contributed by atoms with Crippen molar-refractivity contribution in [1.82, 2.24) is 9.71 Å². The van der Waals surface area contributed by atoms with E-state index in [0.717, 1.165) is 48.8 Å². The Kier molecular flexibility index (Phi) is 5.81. The minimum Gasteiger partial charge on any atom is -0.385 e. The van der Waals surface area contributed by atoms with Crippen LogP contribution in [0.2, 0.25) is 5.02 Å². The molecule has 2 N–H and O–H groups in total. The van der Waals surface area contributed by atoms with Crippen molar-refractivity contribution < 1.29 is 8.42 Å². The minimum absolute atomic E-state index is 0.0855. The Bertz CT molecular complexity index is 833. The average Bonchev–Trinajstić information content (AvgIpc) is 2.61. The summed E-state index contributed by atoms with van der Waals surface area (Å²) in [5.41, 5.74) is 1.82. The lowest BCUT2D eigenvalue weighted by atomic mass is 9.86. The van der Waals surface area contributed by atoms with Gasteiger partial charge in [-0.25, -0.2) is 13.1 Å². The van der Waals surface area contributed by atoms with Gasteiger partial charge >= 0.3 is 0 Å². The Hall–Kier alpha value is -1.37. The maximum atomic E-state index is 11.7. The van der Waals surface area contributed by atoms with E-state index in [4.69, 9.17) is 11.6 Å². The molecule has 0 spiro atoms. The van der Waals surface area contributed by atoms with Gasteiger partial charge in [0.25, 0.3) is 0 Å². The van der Waals surface area contributed by atoms with E-state index in [9.17, 15) is 8.42 Å². The lowest BCUT2D eigenvalue weighted by molar-refractivity contribution is 0.324. The highest BCUT2D eigenvalue weighted by Gasteiger charge is 2.24. The second kappa shape index (κ2) is 7.89. The molecule has 25 heavy (non-hydrogen) atoms. The number of sulfonamides is 1. The first-order valence-electron chi connectivity index (χ1n) is 8.75. The summed E-state index contributed by atoms with van der Waals surface area (Å²) in [4.78, 5) is 4.30. The van der Waals surface area contributed by atoms with E-state index >= 15 is 0 Å². The van der Waals surface area contributed by atoms with Gasteiger partial charge in [-0.1, -0.05) is 17.7 Å². The molecule has 1 aromatic heterocycles. The standard InChI is InChI=1S/C18H24ClN3O2S/c1-2-25(23,24)22-15-7-5-13(6-8-15)12-21-16-10-14-4-3-9-20-18(14)17(19)11-16/h3-4,9-11,13,15,21-22H,2,5-8,12H2,1H3. The molecular weight excluding hydrogens is 358 g/mol. The Balaban J connectivity index is 1.53. The van der Waals surface area contributed by atoms with Crippen LogP contribution in [0.15, 0.2) is 30.5 Å². The summed E-state index contributed by atoms with van der Waals surface area (Å²) in [7, 11) is -3.10. The highest BCUT2D eigenvalue weighted by atomic mass is 35.5. The molecule has 0 atom stereocenters. The molecular formula is C18H24ClN3O2S. The zero-order chi connectivity index (χ0) is 17.9. The fraction of sp³-hybridized carbons (Fsp3) is 0.500. The lowest BCUT2D eigenvalue weighted by Gasteiger charge is -2.29. The third-order valence-corrected chi connectivity index (χ3v) is 6.57. The van der Waals surface area contributed by atoms with Crippen molar-refractivity contribution in [2.24, 2.45) is 5.92 Å². The summed E-state index contributed by atoms with van der Waals surface area (Å²) in [6, 6.07) is 7.97. The summed E-state index contributed by atoms with van der Waals surface area (Å²) in [6.07, 6.45) is 5.58. The van der Waals surface area contributed by atoms with Gasteiger partial charge in [0.15, 0.2) is 0 Å². The van der Waals surface area contributed by atoms with Gasteiger partial charge < -0.3 is 5.32 Å². The molecule has 0 radical (unpaired) electrons. The van der Waals surface area contributed by atoms with Crippen molar-refractivity contribution in [1.29, 1.82) is 0 Å². The van der Waals surface area contributed by atoms with Crippen molar-refractivity contribution in [3.05, 3.63) is 35.5 Å². The number of benzene rings is 1. The van der Waals surface area contributed by atoms with E-state index in [1.165, 1.54) is 0 Å². The Labute approximate surface area is 154 Å². The van der Waals surface area contributed by atoms with Crippen LogP contribution in [0.1, 0.15) is 32.6 Å². The molecule has 7 heteroatoms. The van der Waals surface area contributed by atoms with Crippen LogP contribution in [0.5, 0.6) is 0 Å². The number of hydrogen-bond acceptors (Lipinski definition) is 4. The zero-order valence-electron chi connectivity index (χ0n) is 14.3. The van der Waals surface area contributed by atoms with Crippen LogP contribution in [0.25, 0.3) is 10.9 Å². The molecule has 0 amide bonds. The first kappa shape index (κ1) is 18.4. The van der Waals surface area contributed by atoms with E-state index in [2.05, 4.69) is 21.1 Å². The van der Waals surface area contributed by atoms with Crippen LogP contribution in [0.4, 0.5) is 5.69 Å². The predicted octanol–water partition coefficient (Wildman–Crippen LogP) is 3.80. The molecule has 1 heterocycles. The van der Waals surface area contributed by atoms with Crippen LogP contribution in [0.3, 0.4) is 0 Å². The van der Waals surface area contributed by atoms with Crippen molar-refractivity contribution in [2.75, 3.05) is 17.6 Å². The van der Waals surface area contributed by atoms with Gasteiger partial charge in [-0.15, -0.1) is 0 Å². The Morgan fingerprint density at radius 1 is 1.24 bits per heavy atom. The summed E-state index contributed by atoms with van der Waals surface area (Å²) < 4.78 is 26.1. The quantitative estimate of drug-likeness (QED) is 0.798. The summed E-state index contributed by atoms with van der Waals surface area (Å²) in [5.74, 6) is 0.692. The van der Waals surface area contributed by atoms with Crippen LogP contribution in [-0.4, -0.2) is 31.7 Å². The van der Waals surface area contributed by atoms with E-state index in [0.29, 0.717) is 10.9 Å². The lowest BCUT2D eigenvalue weighted by Crippen LogP contribution is -2.39. The molecule has 0 saturated heterocycles. The molecule has 0 bridgehead atoms. The highest BCUT2D eigenvalue weighted by molar-refractivity contribution is 7.89. The van der Waals surface area contributed by atoms with Crippen LogP contribution in [0, 0.1) is 5.92 Å². The van der Waals surface area contributed by atoms with Gasteiger partial charge in [-0.3, -0.25) is 4.98 Å². The molecule has 0 aliphatic heterocycles. The third-order valence-electron chi connectivity index (χ3n) is 4.83. The summed E-state index contributed by atoms with van der Waals surface area (Å²) in [6.45, 7) is 2.54. The SMILES string of the molecule is CCS(=O)(=O)NC1CCC(CNc2cc(Cl)c3ncccc3c2)CC1. The molecule has 3 rings (SSSR count). The number of fused-ring (bicyclic) bond motifs is 1. The number of nitrogens with zero attached hydrogens (tertiary/aromatic N) is 1. The van der Waals surface area contributed by atoms with Gasteiger partial charge in [0.1, 0.15) is 0 Å². The largest absolute Gasteiger partial charge is 0.385 e. The fourth-order valence-corrected chi connectivity index (χ4v) is 4.52. The maximum Gasteiger partial charge on any atom is 0.211 e. The third kappa shape index (κ3) is 4.84. The van der Waals surface area contributed by atoms with E-state index < -0.39 is 10.0 Å². The van der Waals surface area contributed by atoms with E-state index in [-0.39, 0.29) is 11.8 Å². The molecule has 1 aromatic carbocycles. The van der Waals surface area contributed by atoms with E-state index in [1.54, 1.807) is 13.1 Å².